The Labute approximate surface area is 170 Å². The molecule has 1 fully saturated rings. The summed E-state index contributed by atoms with van der Waals surface area (Å²) in [6.45, 7) is 7.38. The van der Waals surface area contributed by atoms with Crippen LogP contribution in [0.3, 0.4) is 0 Å². The largest absolute Gasteiger partial charge is 0.444 e. The number of rotatable bonds is 7. The molecule has 0 bridgehead atoms. The predicted molar refractivity (Wildman–Crippen MR) is 105 cm³/mol. The van der Waals surface area contributed by atoms with E-state index in [-0.39, 0.29) is 12.5 Å². The molecule has 1 aromatic carbocycles. The molecule has 29 heavy (non-hydrogen) atoms. The molecule has 1 aromatic rings. The van der Waals surface area contributed by atoms with Crippen molar-refractivity contribution in [2.45, 2.75) is 57.9 Å². The summed E-state index contributed by atoms with van der Waals surface area (Å²) in [7, 11) is 0. The van der Waals surface area contributed by atoms with Crippen molar-refractivity contribution in [3.8, 4) is 0 Å². The normalized spacial score (nSPS) is 20.2. The zero-order valence-electron chi connectivity index (χ0n) is 17.3. The van der Waals surface area contributed by atoms with Gasteiger partial charge in [0.05, 0.1) is 18.2 Å². The number of β-amino-alcohol motifs (C(OH)–C–C–N with tert-alkyl or cyclic N) is 1. The molecule has 1 amide bonds. The number of aliphatic hydroxyl groups is 1. The van der Waals surface area contributed by atoms with E-state index < -0.39 is 29.5 Å². The summed E-state index contributed by atoms with van der Waals surface area (Å²) in [5, 5.41) is 13.4. The van der Waals surface area contributed by atoms with Gasteiger partial charge in [-0.1, -0.05) is 18.2 Å². The second kappa shape index (κ2) is 9.80. The fourth-order valence-corrected chi connectivity index (χ4v) is 3.30. The Morgan fingerprint density at radius 1 is 1.24 bits per heavy atom. The maximum atomic E-state index is 12.7. The van der Waals surface area contributed by atoms with Crippen molar-refractivity contribution in [2.75, 3.05) is 26.2 Å². The number of benzene rings is 1. The van der Waals surface area contributed by atoms with E-state index >= 15 is 0 Å². The molecule has 0 aliphatic carbocycles. The fourth-order valence-electron chi connectivity index (χ4n) is 3.30. The van der Waals surface area contributed by atoms with Gasteiger partial charge in [0, 0.05) is 19.0 Å². The second-order valence-electron chi connectivity index (χ2n) is 8.57. The van der Waals surface area contributed by atoms with Gasteiger partial charge in [0.15, 0.2) is 0 Å². The highest BCUT2D eigenvalue weighted by atomic mass is 19.4. The number of aryl methyl sites for hydroxylation is 1. The Bertz CT molecular complexity index is 674. The van der Waals surface area contributed by atoms with Gasteiger partial charge >= 0.3 is 12.3 Å². The molecule has 1 aliphatic rings. The number of unbranched alkanes of at least 4 members (excludes halogenated alkanes) is 1. The van der Waals surface area contributed by atoms with E-state index in [9.17, 15) is 23.1 Å². The van der Waals surface area contributed by atoms with E-state index in [1.807, 2.05) is 0 Å². The number of carbonyl (C=O) groups excluding carboxylic acids is 1. The van der Waals surface area contributed by atoms with Crippen LogP contribution in [0, 0.1) is 5.92 Å². The lowest BCUT2D eigenvalue weighted by Crippen LogP contribution is -2.36. The van der Waals surface area contributed by atoms with Gasteiger partial charge in [-0.15, -0.1) is 0 Å². The molecule has 0 radical (unpaired) electrons. The number of aliphatic hydroxyl groups excluding tert-OH is 1. The highest BCUT2D eigenvalue weighted by Gasteiger charge is 2.35. The summed E-state index contributed by atoms with van der Waals surface area (Å²) in [6, 6.07) is 5.43. The molecule has 2 N–H and O–H groups in total. The molecule has 0 spiro atoms. The Morgan fingerprint density at radius 3 is 2.62 bits per heavy atom. The summed E-state index contributed by atoms with van der Waals surface area (Å²) in [5.41, 5.74) is -0.505. The summed E-state index contributed by atoms with van der Waals surface area (Å²) >= 11 is 0. The first-order valence-corrected chi connectivity index (χ1v) is 9.98. The molecule has 8 heteroatoms. The molecule has 0 aromatic heterocycles. The van der Waals surface area contributed by atoms with Crippen LogP contribution < -0.4 is 5.32 Å². The third-order valence-electron chi connectivity index (χ3n) is 4.79. The van der Waals surface area contributed by atoms with Crippen molar-refractivity contribution >= 4 is 6.09 Å². The number of amides is 1. The highest BCUT2D eigenvalue weighted by molar-refractivity contribution is 5.68. The minimum absolute atomic E-state index is 0.0639. The molecular weight excluding hydrogens is 385 g/mol. The molecule has 1 heterocycles. The van der Waals surface area contributed by atoms with Crippen molar-refractivity contribution in [2.24, 2.45) is 5.92 Å². The standard InChI is InChI=1S/C21H31F3N2O3/c1-20(2,3)29-19(28)26-13-16(18(27)14-26)12-25-10-5-4-7-15-8-6-9-17(11-15)21(22,23)24/h6,8-9,11,16,18,25,27H,4-5,7,10,12-14H2,1-3H3. The number of likely N-dealkylation sites (tertiary alicyclic amines) is 1. The number of carbonyl (C=O) groups is 1. The number of alkyl halides is 3. The Morgan fingerprint density at radius 2 is 1.97 bits per heavy atom. The summed E-state index contributed by atoms with van der Waals surface area (Å²) < 4.78 is 43.5. The lowest BCUT2D eigenvalue weighted by Gasteiger charge is -2.24. The zero-order chi connectivity index (χ0) is 21.7. The number of ether oxygens (including phenoxy) is 1. The number of nitrogens with zero attached hydrogens (tertiary/aromatic N) is 1. The zero-order valence-corrected chi connectivity index (χ0v) is 17.3. The molecular formula is C21H31F3N2O3. The van der Waals surface area contributed by atoms with Crippen molar-refractivity contribution < 1.29 is 27.8 Å². The van der Waals surface area contributed by atoms with Crippen LogP contribution in [0.5, 0.6) is 0 Å². The minimum Gasteiger partial charge on any atom is -0.444 e. The number of hydrogen-bond acceptors (Lipinski definition) is 4. The smallest absolute Gasteiger partial charge is 0.416 e. The second-order valence-corrected chi connectivity index (χ2v) is 8.57. The van der Waals surface area contributed by atoms with Crippen LogP contribution in [-0.2, 0) is 17.3 Å². The van der Waals surface area contributed by atoms with Crippen LogP contribution in [0.4, 0.5) is 18.0 Å². The number of hydrogen-bond donors (Lipinski definition) is 2. The van der Waals surface area contributed by atoms with E-state index in [2.05, 4.69) is 5.32 Å². The molecule has 2 unspecified atom stereocenters. The topological polar surface area (TPSA) is 61.8 Å². The van der Waals surface area contributed by atoms with Crippen molar-refractivity contribution in [1.29, 1.82) is 0 Å². The predicted octanol–water partition coefficient (Wildman–Crippen LogP) is 3.85. The van der Waals surface area contributed by atoms with Crippen molar-refractivity contribution in [3.63, 3.8) is 0 Å². The van der Waals surface area contributed by atoms with Crippen LogP contribution >= 0.6 is 0 Å². The van der Waals surface area contributed by atoms with Gasteiger partial charge in [-0.3, -0.25) is 0 Å². The molecule has 5 nitrogen and oxygen atoms in total. The quantitative estimate of drug-likeness (QED) is 0.663. The lowest BCUT2D eigenvalue weighted by molar-refractivity contribution is -0.137. The SMILES string of the molecule is CC(C)(C)OC(=O)N1CC(O)C(CNCCCCc2cccc(C(F)(F)F)c2)C1. The molecule has 164 valence electrons. The summed E-state index contributed by atoms with van der Waals surface area (Å²) in [6.07, 6.45) is -3.16. The van der Waals surface area contributed by atoms with Gasteiger partial charge in [-0.05, 0) is 58.2 Å². The van der Waals surface area contributed by atoms with Crippen LogP contribution in [0.1, 0.15) is 44.7 Å². The third kappa shape index (κ3) is 7.85. The van der Waals surface area contributed by atoms with Gasteiger partial charge in [0.2, 0.25) is 0 Å². The van der Waals surface area contributed by atoms with Crippen molar-refractivity contribution in [3.05, 3.63) is 35.4 Å². The summed E-state index contributed by atoms with van der Waals surface area (Å²) in [4.78, 5) is 13.6. The average Bonchev–Trinajstić information content (AvgIpc) is 2.97. The molecule has 2 atom stereocenters. The van der Waals surface area contributed by atoms with Gasteiger partial charge in [0.25, 0.3) is 0 Å². The molecule has 0 saturated carbocycles. The first-order valence-electron chi connectivity index (χ1n) is 9.98. The van der Waals surface area contributed by atoms with Crippen LogP contribution in [0.2, 0.25) is 0 Å². The first kappa shape index (κ1) is 23.5. The maximum absolute atomic E-state index is 12.7. The minimum atomic E-state index is -4.31. The highest BCUT2D eigenvalue weighted by Crippen LogP contribution is 2.29. The molecule has 1 saturated heterocycles. The van der Waals surface area contributed by atoms with Gasteiger partial charge < -0.3 is 20.1 Å². The number of halogens is 3. The molecule has 1 aliphatic heterocycles. The van der Waals surface area contributed by atoms with Gasteiger partial charge in [0.1, 0.15) is 5.60 Å². The average molecular weight is 416 g/mol. The first-order chi connectivity index (χ1) is 13.5. The lowest BCUT2D eigenvalue weighted by atomic mass is 10.0. The van der Waals surface area contributed by atoms with E-state index in [0.717, 1.165) is 18.9 Å². The van der Waals surface area contributed by atoms with E-state index in [1.54, 1.807) is 26.8 Å². The van der Waals surface area contributed by atoms with Gasteiger partial charge in [-0.25, -0.2) is 4.79 Å². The third-order valence-corrected chi connectivity index (χ3v) is 4.79. The maximum Gasteiger partial charge on any atom is 0.416 e. The number of nitrogens with one attached hydrogen (secondary N) is 1. The Kier molecular flexibility index (Phi) is 7.94. The van der Waals surface area contributed by atoms with E-state index in [1.165, 1.54) is 17.0 Å². The van der Waals surface area contributed by atoms with Crippen molar-refractivity contribution in [1.82, 2.24) is 10.2 Å². The van der Waals surface area contributed by atoms with E-state index in [0.29, 0.717) is 31.6 Å². The van der Waals surface area contributed by atoms with Crippen LogP contribution in [0.15, 0.2) is 24.3 Å². The van der Waals surface area contributed by atoms with Crippen LogP contribution in [-0.4, -0.2) is 54.0 Å². The van der Waals surface area contributed by atoms with Gasteiger partial charge in [-0.2, -0.15) is 13.2 Å². The van der Waals surface area contributed by atoms with E-state index in [4.69, 9.17) is 4.74 Å². The fraction of sp³-hybridized carbons (Fsp3) is 0.667. The monoisotopic (exact) mass is 416 g/mol. The Balaban J connectivity index is 1.65. The molecule has 2 rings (SSSR count). The Hall–Kier alpha value is -1.80. The van der Waals surface area contributed by atoms with Crippen LogP contribution in [0.25, 0.3) is 0 Å². The summed E-state index contributed by atoms with van der Waals surface area (Å²) in [5.74, 6) is -0.0639.